The highest BCUT2D eigenvalue weighted by atomic mass is 19.3. The smallest absolute Gasteiger partial charge is 0.296 e. The number of hydrogen-bond acceptors (Lipinski definition) is 8. The second-order valence-corrected chi connectivity index (χ2v) is 8.37. The molecule has 9 nitrogen and oxygen atoms in total. The lowest BCUT2D eigenvalue weighted by Crippen LogP contribution is -2.37. The van der Waals surface area contributed by atoms with Crippen LogP contribution in [0.25, 0.3) is 17.0 Å². The quantitative estimate of drug-likeness (QED) is 0.429. The van der Waals surface area contributed by atoms with Crippen LogP contribution in [0.2, 0.25) is 0 Å². The average molecular weight is 481 g/mol. The Kier molecular flexibility index (Phi) is 6.41. The van der Waals surface area contributed by atoms with Gasteiger partial charge < -0.3 is 19.9 Å². The topological polar surface area (TPSA) is 84.2 Å². The summed E-state index contributed by atoms with van der Waals surface area (Å²) in [4.78, 5) is 21.8. The van der Waals surface area contributed by atoms with Crippen LogP contribution in [0.15, 0.2) is 48.5 Å². The van der Waals surface area contributed by atoms with Crippen molar-refractivity contribution in [3.8, 4) is 5.95 Å². The number of benzene rings is 2. The highest BCUT2D eigenvalue weighted by Crippen LogP contribution is 2.27. The summed E-state index contributed by atoms with van der Waals surface area (Å²) in [6.45, 7) is 2.74. The summed E-state index contributed by atoms with van der Waals surface area (Å²) >= 11 is 0. The molecule has 0 saturated carbocycles. The van der Waals surface area contributed by atoms with E-state index in [9.17, 15) is 8.78 Å². The lowest BCUT2D eigenvalue weighted by Gasteiger charge is -2.27. The molecule has 3 heterocycles. The number of imidazole rings is 1. The number of para-hydroxylation sites is 2. The van der Waals surface area contributed by atoms with Crippen LogP contribution in [0.3, 0.4) is 0 Å². The van der Waals surface area contributed by atoms with E-state index >= 15 is 0 Å². The van der Waals surface area contributed by atoms with Crippen molar-refractivity contribution >= 4 is 28.6 Å². The number of hydrogen-bond donors (Lipinski definition) is 1. The summed E-state index contributed by atoms with van der Waals surface area (Å²) in [6.07, 6.45) is -2.79. The molecule has 182 valence electrons. The predicted octanol–water partition coefficient (Wildman–Crippen LogP) is 3.66. The Morgan fingerprint density at radius 3 is 2.37 bits per heavy atom. The van der Waals surface area contributed by atoms with Gasteiger partial charge in [0.05, 0.1) is 24.2 Å². The standard InChI is InChI=1S/C24H26F2N8O/c1-32(2)17-9-7-16(8-10-17)15-27-22-29-23(33-11-13-35-14-12-33)31-24(30-22)34-19-6-4-3-5-18(19)28-21(34)20(25)26/h3-10,20H,11-15H2,1-2H3,(H,27,29,30,31). The lowest BCUT2D eigenvalue weighted by molar-refractivity contribution is 0.122. The number of anilines is 3. The number of alkyl halides is 2. The van der Waals surface area contributed by atoms with E-state index in [1.165, 1.54) is 4.57 Å². The third kappa shape index (κ3) is 4.85. The first-order valence-electron chi connectivity index (χ1n) is 11.3. The molecule has 0 aliphatic carbocycles. The summed E-state index contributed by atoms with van der Waals surface area (Å²) in [5, 5.41) is 3.23. The normalized spacial score (nSPS) is 14.0. The summed E-state index contributed by atoms with van der Waals surface area (Å²) in [5.41, 5.74) is 3.09. The molecule has 0 unspecified atom stereocenters. The van der Waals surface area contributed by atoms with Gasteiger partial charge in [-0.15, -0.1) is 0 Å². The van der Waals surface area contributed by atoms with Gasteiger partial charge in [-0.2, -0.15) is 15.0 Å². The fraction of sp³-hybridized carbons (Fsp3) is 0.333. The number of nitrogens with zero attached hydrogens (tertiary/aromatic N) is 7. The van der Waals surface area contributed by atoms with Gasteiger partial charge in [-0.1, -0.05) is 24.3 Å². The molecule has 1 fully saturated rings. The third-order valence-electron chi connectivity index (χ3n) is 5.79. The lowest BCUT2D eigenvalue weighted by atomic mass is 10.2. The Labute approximate surface area is 201 Å². The van der Waals surface area contributed by atoms with Crippen LogP contribution in [0.4, 0.5) is 26.4 Å². The van der Waals surface area contributed by atoms with Crippen molar-refractivity contribution in [2.45, 2.75) is 13.0 Å². The first kappa shape index (κ1) is 22.9. The van der Waals surface area contributed by atoms with Crippen LogP contribution < -0.4 is 15.1 Å². The van der Waals surface area contributed by atoms with E-state index in [0.717, 1.165) is 11.3 Å². The Bertz CT molecular complexity index is 1300. The Balaban J connectivity index is 1.53. The number of rotatable bonds is 7. The van der Waals surface area contributed by atoms with Crippen LogP contribution in [-0.4, -0.2) is 64.9 Å². The summed E-state index contributed by atoms with van der Waals surface area (Å²) in [5.74, 6) is 0.388. The molecule has 4 aromatic rings. The Hall–Kier alpha value is -3.86. The van der Waals surface area contributed by atoms with Crippen LogP contribution in [-0.2, 0) is 11.3 Å². The molecule has 2 aromatic heterocycles. The zero-order valence-corrected chi connectivity index (χ0v) is 19.5. The van der Waals surface area contributed by atoms with E-state index in [1.807, 2.05) is 48.2 Å². The summed E-state index contributed by atoms with van der Waals surface area (Å²) in [6, 6.07) is 15.1. The third-order valence-corrected chi connectivity index (χ3v) is 5.79. The van der Waals surface area contributed by atoms with Gasteiger partial charge >= 0.3 is 0 Å². The predicted molar refractivity (Wildman–Crippen MR) is 131 cm³/mol. The van der Waals surface area contributed by atoms with Gasteiger partial charge in [0, 0.05) is 39.4 Å². The molecule has 0 spiro atoms. The van der Waals surface area contributed by atoms with E-state index in [4.69, 9.17) is 4.74 Å². The van der Waals surface area contributed by atoms with Gasteiger partial charge in [-0.3, -0.25) is 4.57 Å². The fourth-order valence-electron chi connectivity index (χ4n) is 3.93. The van der Waals surface area contributed by atoms with E-state index in [2.05, 4.69) is 25.3 Å². The maximum absolute atomic E-state index is 14.0. The van der Waals surface area contributed by atoms with Gasteiger partial charge in [0.25, 0.3) is 6.43 Å². The largest absolute Gasteiger partial charge is 0.378 e. The van der Waals surface area contributed by atoms with E-state index in [1.54, 1.807) is 24.3 Å². The summed E-state index contributed by atoms with van der Waals surface area (Å²) < 4.78 is 34.7. The van der Waals surface area contributed by atoms with Crippen molar-refractivity contribution in [2.75, 3.05) is 55.5 Å². The van der Waals surface area contributed by atoms with Gasteiger partial charge in [-0.05, 0) is 29.8 Å². The molecule has 0 radical (unpaired) electrons. The molecule has 0 amide bonds. The Morgan fingerprint density at radius 1 is 0.943 bits per heavy atom. The SMILES string of the molecule is CN(C)c1ccc(CNc2nc(N3CCOCC3)nc(-n3c(C(F)F)nc4ccccc43)n2)cc1. The van der Waals surface area contributed by atoms with Crippen LogP contribution in [0.1, 0.15) is 17.8 Å². The monoisotopic (exact) mass is 480 g/mol. The molecule has 1 N–H and O–H groups in total. The molecule has 0 bridgehead atoms. The van der Waals surface area contributed by atoms with Crippen molar-refractivity contribution in [3.63, 3.8) is 0 Å². The molecule has 35 heavy (non-hydrogen) atoms. The number of aromatic nitrogens is 5. The highest BCUT2D eigenvalue weighted by Gasteiger charge is 2.24. The van der Waals surface area contributed by atoms with Crippen molar-refractivity contribution in [3.05, 3.63) is 59.9 Å². The second-order valence-electron chi connectivity index (χ2n) is 8.37. The average Bonchev–Trinajstić information content (AvgIpc) is 3.28. The van der Waals surface area contributed by atoms with Crippen LogP contribution in [0, 0.1) is 0 Å². The molecule has 2 aromatic carbocycles. The number of fused-ring (bicyclic) bond motifs is 1. The first-order chi connectivity index (χ1) is 17.0. The molecular formula is C24H26F2N8O. The minimum Gasteiger partial charge on any atom is -0.378 e. The first-order valence-corrected chi connectivity index (χ1v) is 11.3. The van der Waals surface area contributed by atoms with E-state index < -0.39 is 12.2 Å². The zero-order valence-electron chi connectivity index (χ0n) is 19.5. The maximum atomic E-state index is 14.0. The molecule has 1 aliphatic rings. The molecule has 11 heteroatoms. The Morgan fingerprint density at radius 2 is 1.66 bits per heavy atom. The molecular weight excluding hydrogens is 454 g/mol. The number of morpholine rings is 1. The summed E-state index contributed by atoms with van der Waals surface area (Å²) in [7, 11) is 3.97. The second kappa shape index (κ2) is 9.79. The fourth-order valence-corrected chi connectivity index (χ4v) is 3.93. The molecule has 5 rings (SSSR count). The van der Waals surface area contributed by atoms with Gasteiger partial charge in [0.1, 0.15) is 0 Å². The molecule has 0 atom stereocenters. The molecule has 1 saturated heterocycles. The van der Waals surface area contributed by atoms with E-state index in [-0.39, 0.29) is 5.95 Å². The molecule has 1 aliphatic heterocycles. The minimum absolute atomic E-state index is 0.0935. The number of nitrogens with one attached hydrogen (secondary N) is 1. The van der Waals surface area contributed by atoms with Crippen molar-refractivity contribution in [2.24, 2.45) is 0 Å². The van der Waals surface area contributed by atoms with Gasteiger partial charge in [-0.25, -0.2) is 13.8 Å². The highest BCUT2D eigenvalue weighted by molar-refractivity contribution is 5.77. The van der Waals surface area contributed by atoms with Crippen molar-refractivity contribution < 1.29 is 13.5 Å². The number of ether oxygens (including phenoxy) is 1. The number of halogens is 2. The van der Waals surface area contributed by atoms with Crippen LogP contribution in [0.5, 0.6) is 0 Å². The van der Waals surface area contributed by atoms with E-state index in [0.29, 0.717) is 55.8 Å². The zero-order chi connectivity index (χ0) is 24.4. The maximum Gasteiger partial charge on any atom is 0.296 e. The van der Waals surface area contributed by atoms with Gasteiger partial charge in [0.2, 0.25) is 17.8 Å². The van der Waals surface area contributed by atoms with Crippen molar-refractivity contribution in [1.29, 1.82) is 0 Å². The van der Waals surface area contributed by atoms with Crippen LogP contribution >= 0.6 is 0 Å². The minimum atomic E-state index is -2.79. The van der Waals surface area contributed by atoms with Crippen molar-refractivity contribution in [1.82, 2.24) is 24.5 Å². The van der Waals surface area contributed by atoms with Gasteiger partial charge in [0.15, 0.2) is 5.82 Å².